The zero-order valence-corrected chi connectivity index (χ0v) is 9.73. The van der Waals surface area contributed by atoms with Crippen LogP contribution in [-0.2, 0) is 0 Å². The average molecular weight is 201 g/mol. The summed E-state index contributed by atoms with van der Waals surface area (Å²) in [6.07, 6.45) is 9.86. The van der Waals surface area contributed by atoms with Gasteiger partial charge >= 0.3 is 0 Å². The van der Waals surface area contributed by atoms with Gasteiger partial charge in [0, 0.05) is 6.04 Å². The zero-order valence-electron chi connectivity index (χ0n) is 8.84. The van der Waals surface area contributed by atoms with Gasteiger partial charge in [-0.2, -0.15) is 12.6 Å². The second kappa shape index (κ2) is 6.72. The standard InChI is InChI=1S/C11H23NS/c1-12(9-6-10-13)11-7-4-2-3-5-8-11/h11,13H,2-10H2,1H3. The molecule has 0 bridgehead atoms. The lowest BCUT2D eigenvalue weighted by Gasteiger charge is -2.26. The van der Waals surface area contributed by atoms with Crippen molar-refractivity contribution in [1.82, 2.24) is 4.90 Å². The molecule has 0 aromatic rings. The highest BCUT2D eigenvalue weighted by atomic mass is 32.1. The fourth-order valence-corrected chi connectivity index (χ4v) is 2.34. The van der Waals surface area contributed by atoms with Crippen molar-refractivity contribution in [3.05, 3.63) is 0 Å². The highest BCUT2D eigenvalue weighted by Gasteiger charge is 2.15. The first kappa shape index (κ1) is 11.4. The maximum Gasteiger partial charge on any atom is 0.00922 e. The number of hydrogen-bond donors (Lipinski definition) is 1. The van der Waals surface area contributed by atoms with Crippen LogP contribution in [0.5, 0.6) is 0 Å². The normalized spacial score (nSPS) is 20.5. The largest absolute Gasteiger partial charge is 0.303 e. The summed E-state index contributed by atoms with van der Waals surface area (Å²) in [7, 11) is 2.28. The van der Waals surface area contributed by atoms with Gasteiger partial charge in [0.1, 0.15) is 0 Å². The second-order valence-corrected chi connectivity index (χ2v) is 4.65. The van der Waals surface area contributed by atoms with Crippen molar-refractivity contribution in [3.8, 4) is 0 Å². The second-order valence-electron chi connectivity index (χ2n) is 4.20. The summed E-state index contributed by atoms with van der Waals surface area (Å²) in [6, 6.07) is 0.863. The maximum atomic E-state index is 4.25. The highest BCUT2D eigenvalue weighted by molar-refractivity contribution is 7.80. The van der Waals surface area contributed by atoms with E-state index in [1.54, 1.807) is 0 Å². The monoisotopic (exact) mass is 201 g/mol. The molecule has 1 saturated carbocycles. The van der Waals surface area contributed by atoms with Crippen LogP contribution in [0.4, 0.5) is 0 Å². The topological polar surface area (TPSA) is 3.24 Å². The first-order valence-electron chi connectivity index (χ1n) is 5.65. The Kier molecular flexibility index (Phi) is 5.88. The lowest BCUT2D eigenvalue weighted by molar-refractivity contribution is 0.222. The van der Waals surface area contributed by atoms with Crippen molar-refractivity contribution < 1.29 is 0 Å². The third-order valence-corrected chi connectivity index (χ3v) is 3.43. The van der Waals surface area contributed by atoms with E-state index in [0.717, 1.165) is 11.8 Å². The lowest BCUT2D eigenvalue weighted by Crippen LogP contribution is -2.32. The lowest BCUT2D eigenvalue weighted by atomic mass is 10.1. The van der Waals surface area contributed by atoms with Crippen molar-refractivity contribution in [3.63, 3.8) is 0 Å². The summed E-state index contributed by atoms with van der Waals surface area (Å²) in [6.45, 7) is 1.23. The third-order valence-electron chi connectivity index (χ3n) is 3.12. The molecule has 0 saturated heterocycles. The molecule has 0 aromatic carbocycles. The van der Waals surface area contributed by atoms with Crippen LogP contribution < -0.4 is 0 Å². The summed E-state index contributed by atoms with van der Waals surface area (Å²) in [5, 5.41) is 0. The van der Waals surface area contributed by atoms with E-state index in [2.05, 4.69) is 24.6 Å². The molecule has 0 radical (unpaired) electrons. The van der Waals surface area contributed by atoms with Gasteiger partial charge < -0.3 is 4.90 Å². The van der Waals surface area contributed by atoms with E-state index in [1.807, 2.05) is 0 Å². The summed E-state index contributed by atoms with van der Waals surface area (Å²) in [4.78, 5) is 2.54. The smallest absolute Gasteiger partial charge is 0.00922 e. The fraction of sp³-hybridized carbons (Fsp3) is 1.00. The molecule has 1 fully saturated rings. The van der Waals surface area contributed by atoms with Crippen LogP contribution in [0.2, 0.25) is 0 Å². The predicted molar refractivity (Wildman–Crippen MR) is 62.6 cm³/mol. The van der Waals surface area contributed by atoms with Crippen molar-refractivity contribution in [2.75, 3.05) is 19.3 Å². The van der Waals surface area contributed by atoms with Gasteiger partial charge in [0.25, 0.3) is 0 Å². The number of nitrogens with zero attached hydrogens (tertiary/aromatic N) is 1. The van der Waals surface area contributed by atoms with Crippen LogP contribution in [-0.4, -0.2) is 30.3 Å². The summed E-state index contributed by atoms with van der Waals surface area (Å²) in [5.74, 6) is 1.02. The van der Waals surface area contributed by atoms with Gasteiger partial charge in [-0.05, 0) is 38.6 Å². The molecular weight excluding hydrogens is 178 g/mol. The average Bonchev–Trinajstić information content (AvgIpc) is 2.42. The molecule has 13 heavy (non-hydrogen) atoms. The molecular formula is C11H23NS. The van der Waals surface area contributed by atoms with Crippen LogP contribution in [0.3, 0.4) is 0 Å². The fourth-order valence-electron chi connectivity index (χ4n) is 2.20. The molecule has 0 N–H and O–H groups in total. The van der Waals surface area contributed by atoms with Gasteiger partial charge in [-0.3, -0.25) is 0 Å². The Hall–Kier alpha value is 0.310. The Balaban J connectivity index is 2.22. The van der Waals surface area contributed by atoms with Crippen molar-refractivity contribution >= 4 is 12.6 Å². The van der Waals surface area contributed by atoms with Gasteiger partial charge in [-0.1, -0.05) is 25.7 Å². The highest BCUT2D eigenvalue weighted by Crippen LogP contribution is 2.20. The number of rotatable bonds is 4. The SMILES string of the molecule is CN(CCCS)C1CCCCCC1. The maximum absolute atomic E-state index is 4.25. The van der Waals surface area contributed by atoms with Crippen molar-refractivity contribution in [1.29, 1.82) is 0 Å². The molecule has 0 atom stereocenters. The molecule has 0 spiro atoms. The Morgan fingerprint density at radius 3 is 2.31 bits per heavy atom. The van der Waals surface area contributed by atoms with E-state index in [9.17, 15) is 0 Å². The van der Waals surface area contributed by atoms with E-state index in [4.69, 9.17) is 0 Å². The third kappa shape index (κ3) is 4.37. The van der Waals surface area contributed by atoms with Gasteiger partial charge in [0.2, 0.25) is 0 Å². The number of thiol groups is 1. The molecule has 1 nitrogen and oxygen atoms in total. The van der Waals surface area contributed by atoms with Gasteiger partial charge in [0.15, 0.2) is 0 Å². The summed E-state index contributed by atoms with van der Waals surface area (Å²) < 4.78 is 0. The quantitative estimate of drug-likeness (QED) is 0.540. The van der Waals surface area contributed by atoms with E-state index in [-0.39, 0.29) is 0 Å². The Morgan fingerprint density at radius 2 is 1.77 bits per heavy atom. The Labute approximate surface area is 88.3 Å². The molecule has 1 aliphatic carbocycles. The minimum Gasteiger partial charge on any atom is -0.303 e. The molecule has 1 rings (SSSR count). The molecule has 78 valence electrons. The first-order valence-corrected chi connectivity index (χ1v) is 6.29. The molecule has 1 aliphatic rings. The predicted octanol–water partition coefficient (Wildman–Crippen LogP) is 2.96. The van der Waals surface area contributed by atoms with Crippen molar-refractivity contribution in [2.45, 2.75) is 51.0 Å². The van der Waals surface area contributed by atoms with Crippen LogP contribution in [0.15, 0.2) is 0 Å². The molecule has 0 unspecified atom stereocenters. The van der Waals surface area contributed by atoms with E-state index in [0.29, 0.717) is 0 Å². The molecule has 2 heteroatoms. The van der Waals surface area contributed by atoms with Crippen LogP contribution in [0.25, 0.3) is 0 Å². The van der Waals surface area contributed by atoms with Gasteiger partial charge in [-0.25, -0.2) is 0 Å². The molecule has 0 aromatic heterocycles. The zero-order chi connectivity index (χ0) is 9.52. The summed E-state index contributed by atoms with van der Waals surface area (Å²) in [5.41, 5.74) is 0. The Bertz CT molecular complexity index is 119. The van der Waals surface area contributed by atoms with Crippen LogP contribution in [0, 0.1) is 0 Å². The van der Waals surface area contributed by atoms with Crippen LogP contribution >= 0.6 is 12.6 Å². The van der Waals surface area contributed by atoms with Gasteiger partial charge in [0.05, 0.1) is 0 Å². The molecule has 0 amide bonds. The van der Waals surface area contributed by atoms with E-state index < -0.39 is 0 Å². The first-order chi connectivity index (χ1) is 6.34. The van der Waals surface area contributed by atoms with E-state index >= 15 is 0 Å². The minimum atomic E-state index is 0.863. The molecule has 0 aliphatic heterocycles. The minimum absolute atomic E-state index is 0.863. The van der Waals surface area contributed by atoms with Gasteiger partial charge in [-0.15, -0.1) is 0 Å². The van der Waals surface area contributed by atoms with Crippen molar-refractivity contribution in [2.24, 2.45) is 0 Å². The van der Waals surface area contributed by atoms with E-state index in [1.165, 1.54) is 51.5 Å². The molecule has 0 heterocycles. The number of hydrogen-bond acceptors (Lipinski definition) is 2. The summed E-state index contributed by atoms with van der Waals surface area (Å²) >= 11 is 4.25. The van der Waals surface area contributed by atoms with Crippen LogP contribution in [0.1, 0.15) is 44.9 Å². The Morgan fingerprint density at radius 1 is 1.15 bits per heavy atom.